The molecule has 1 aromatic carbocycles. The minimum Gasteiger partial charge on any atom is -0.377 e. The van der Waals surface area contributed by atoms with Gasteiger partial charge in [-0.15, -0.1) is 0 Å². The predicted molar refractivity (Wildman–Crippen MR) is 76.1 cm³/mol. The maximum atomic E-state index is 5.92. The zero-order valence-electron chi connectivity index (χ0n) is 11.2. The molecule has 1 fully saturated rings. The van der Waals surface area contributed by atoms with E-state index in [-0.39, 0.29) is 5.60 Å². The van der Waals surface area contributed by atoms with E-state index < -0.39 is 0 Å². The minimum absolute atomic E-state index is 0.0832. The molecule has 18 heavy (non-hydrogen) atoms. The van der Waals surface area contributed by atoms with Gasteiger partial charge in [0.15, 0.2) is 0 Å². The van der Waals surface area contributed by atoms with Gasteiger partial charge < -0.3 is 10.1 Å². The van der Waals surface area contributed by atoms with Gasteiger partial charge in [0.2, 0.25) is 0 Å². The summed E-state index contributed by atoms with van der Waals surface area (Å²) >= 11 is 5.92. The van der Waals surface area contributed by atoms with Crippen LogP contribution in [0.3, 0.4) is 0 Å². The van der Waals surface area contributed by atoms with Crippen LogP contribution < -0.4 is 5.32 Å². The van der Waals surface area contributed by atoms with Crippen LogP contribution >= 0.6 is 11.6 Å². The molecule has 0 aromatic heterocycles. The van der Waals surface area contributed by atoms with E-state index in [1.165, 1.54) is 24.8 Å². The maximum Gasteiger partial charge on any atom is 0.0802 e. The number of benzene rings is 1. The van der Waals surface area contributed by atoms with Gasteiger partial charge in [-0.05, 0) is 43.4 Å². The van der Waals surface area contributed by atoms with Gasteiger partial charge in [-0.2, -0.15) is 0 Å². The first-order valence-electron chi connectivity index (χ1n) is 6.73. The van der Waals surface area contributed by atoms with Crippen LogP contribution in [0.2, 0.25) is 5.02 Å². The Bertz CT molecular complexity index is 367. The van der Waals surface area contributed by atoms with Crippen LogP contribution in [0.4, 0.5) is 0 Å². The summed E-state index contributed by atoms with van der Waals surface area (Å²) in [4.78, 5) is 0. The Morgan fingerprint density at radius 3 is 2.44 bits per heavy atom. The molecule has 1 saturated carbocycles. The van der Waals surface area contributed by atoms with Crippen molar-refractivity contribution in [2.75, 3.05) is 13.7 Å². The number of hydrogen-bond acceptors (Lipinski definition) is 2. The fourth-order valence-corrected chi connectivity index (χ4v) is 2.65. The molecule has 2 nitrogen and oxygen atoms in total. The molecule has 1 aromatic rings. The van der Waals surface area contributed by atoms with Crippen molar-refractivity contribution < 1.29 is 4.74 Å². The second kappa shape index (κ2) is 6.05. The number of hydrogen-bond donors (Lipinski definition) is 1. The Hall–Kier alpha value is -0.570. The maximum absolute atomic E-state index is 5.92. The Morgan fingerprint density at radius 1 is 1.33 bits per heavy atom. The Kier molecular flexibility index (Phi) is 4.66. The van der Waals surface area contributed by atoms with E-state index in [2.05, 4.69) is 24.4 Å². The van der Waals surface area contributed by atoms with Crippen LogP contribution in [0, 0.1) is 0 Å². The topological polar surface area (TPSA) is 21.3 Å². The summed E-state index contributed by atoms with van der Waals surface area (Å²) in [6, 6.07) is 8.50. The second-order valence-electron chi connectivity index (χ2n) is 5.13. The van der Waals surface area contributed by atoms with Gasteiger partial charge in [0, 0.05) is 24.7 Å². The molecule has 0 aliphatic heterocycles. The fraction of sp³-hybridized carbons (Fsp3) is 0.600. The van der Waals surface area contributed by atoms with Crippen molar-refractivity contribution in [3.8, 4) is 0 Å². The summed E-state index contributed by atoms with van der Waals surface area (Å²) in [6.45, 7) is 3.14. The molecule has 0 saturated heterocycles. The first kappa shape index (κ1) is 13.9. The molecule has 3 heteroatoms. The standard InChI is InChI=1S/C15H22ClNO/c1-3-14(12-5-7-13(16)8-6-12)17-11-15(18-2)9-4-10-15/h5-8,14,17H,3-4,9-11H2,1-2H3. The lowest BCUT2D eigenvalue weighted by Crippen LogP contribution is -2.48. The molecule has 0 bridgehead atoms. The summed E-state index contributed by atoms with van der Waals surface area (Å²) in [7, 11) is 1.82. The monoisotopic (exact) mass is 267 g/mol. The first-order chi connectivity index (χ1) is 8.69. The minimum atomic E-state index is 0.0832. The highest BCUT2D eigenvalue weighted by atomic mass is 35.5. The SMILES string of the molecule is CCC(NCC1(OC)CCC1)c1ccc(Cl)cc1. The molecule has 0 amide bonds. The average Bonchev–Trinajstić information content (AvgIpc) is 2.35. The van der Waals surface area contributed by atoms with Crippen molar-refractivity contribution in [1.82, 2.24) is 5.32 Å². The lowest BCUT2D eigenvalue weighted by atomic mass is 9.79. The van der Waals surface area contributed by atoms with Crippen LogP contribution in [0.15, 0.2) is 24.3 Å². The molecule has 1 aliphatic carbocycles. The molecule has 0 spiro atoms. The highest BCUT2D eigenvalue weighted by Crippen LogP contribution is 2.35. The van der Waals surface area contributed by atoms with E-state index >= 15 is 0 Å². The number of rotatable bonds is 6. The number of methoxy groups -OCH3 is 1. The molecule has 1 N–H and O–H groups in total. The van der Waals surface area contributed by atoms with Crippen LogP contribution in [-0.4, -0.2) is 19.3 Å². The van der Waals surface area contributed by atoms with Crippen molar-refractivity contribution >= 4 is 11.6 Å². The van der Waals surface area contributed by atoms with Crippen molar-refractivity contribution in [2.45, 2.75) is 44.2 Å². The van der Waals surface area contributed by atoms with E-state index in [1.54, 1.807) is 0 Å². The van der Waals surface area contributed by atoms with Gasteiger partial charge in [-0.1, -0.05) is 30.7 Å². The van der Waals surface area contributed by atoms with Crippen LogP contribution in [-0.2, 0) is 4.74 Å². The highest BCUT2D eigenvalue weighted by Gasteiger charge is 2.37. The lowest BCUT2D eigenvalue weighted by molar-refractivity contribution is -0.0709. The number of ether oxygens (including phenoxy) is 1. The fourth-order valence-electron chi connectivity index (χ4n) is 2.53. The van der Waals surface area contributed by atoms with Crippen LogP contribution in [0.5, 0.6) is 0 Å². The predicted octanol–water partition coefficient (Wildman–Crippen LogP) is 3.95. The third-order valence-corrected chi connectivity index (χ3v) is 4.30. The summed E-state index contributed by atoms with van der Waals surface area (Å²) in [5, 5.41) is 4.42. The molecule has 1 unspecified atom stereocenters. The zero-order valence-corrected chi connectivity index (χ0v) is 12.0. The molecule has 1 aliphatic rings. The highest BCUT2D eigenvalue weighted by molar-refractivity contribution is 6.30. The van der Waals surface area contributed by atoms with Crippen molar-refractivity contribution in [3.05, 3.63) is 34.9 Å². The number of nitrogens with one attached hydrogen (secondary N) is 1. The third-order valence-electron chi connectivity index (χ3n) is 4.05. The van der Waals surface area contributed by atoms with E-state index in [9.17, 15) is 0 Å². The van der Waals surface area contributed by atoms with Gasteiger partial charge in [-0.3, -0.25) is 0 Å². The van der Waals surface area contributed by atoms with Gasteiger partial charge in [-0.25, -0.2) is 0 Å². The van der Waals surface area contributed by atoms with Crippen molar-refractivity contribution in [2.24, 2.45) is 0 Å². The molecule has 0 heterocycles. The van der Waals surface area contributed by atoms with Gasteiger partial charge in [0.1, 0.15) is 0 Å². The first-order valence-corrected chi connectivity index (χ1v) is 7.11. The van der Waals surface area contributed by atoms with Crippen LogP contribution in [0.1, 0.15) is 44.2 Å². The summed E-state index contributed by atoms with van der Waals surface area (Å²) < 4.78 is 5.64. The lowest BCUT2D eigenvalue weighted by Gasteiger charge is -2.41. The Balaban J connectivity index is 1.95. The van der Waals surface area contributed by atoms with Gasteiger partial charge in [0.25, 0.3) is 0 Å². The largest absolute Gasteiger partial charge is 0.377 e. The molecule has 0 radical (unpaired) electrons. The van der Waals surface area contributed by atoms with Crippen molar-refractivity contribution in [3.63, 3.8) is 0 Å². The van der Waals surface area contributed by atoms with E-state index in [0.717, 1.165) is 18.0 Å². The smallest absolute Gasteiger partial charge is 0.0802 e. The molecular weight excluding hydrogens is 246 g/mol. The quantitative estimate of drug-likeness (QED) is 0.843. The molecule has 100 valence electrons. The van der Waals surface area contributed by atoms with E-state index in [1.807, 2.05) is 19.2 Å². The number of halogens is 1. The summed E-state index contributed by atoms with van der Waals surface area (Å²) in [5.41, 5.74) is 1.38. The summed E-state index contributed by atoms with van der Waals surface area (Å²) in [6.07, 6.45) is 4.70. The molecule has 1 atom stereocenters. The summed E-state index contributed by atoms with van der Waals surface area (Å²) in [5.74, 6) is 0. The molecular formula is C15H22ClNO. The Morgan fingerprint density at radius 2 is 2.00 bits per heavy atom. The van der Waals surface area contributed by atoms with Crippen molar-refractivity contribution in [1.29, 1.82) is 0 Å². The van der Waals surface area contributed by atoms with Gasteiger partial charge >= 0.3 is 0 Å². The third kappa shape index (κ3) is 3.05. The second-order valence-corrected chi connectivity index (χ2v) is 5.57. The van der Waals surface area contributed by atoms with Gasteiger partial charge in [0.05, 0.1) is 5.60 Å². The van der Waals surface area contributed by atoms with E-state index in [0.29, 0.717) is 6.04 Å². The normalized spacial score (nSPS) is 19.3. The zero-order chi connectivity index (χ0) is 13.0. The Labute approximate surface area is 115 Å². The van der Waals surface area contributed by atoms with Crippen LogP contribution in [0.25, 0.3) is 0 Å². The van der Waals surface area contributed by atoms with E-state index in [4.69, 9.17) is 16.3 Å². The molecule has 2 rings (SSSR count). The average molecular weight is 268 g/mol.